The summed E-state index contributed by atoms with van der Waals surface area (Å²) in [4.78, 5) is 2.32. The number of rotatable bonds is 8. The van der Waals surface area contributed by atoms with Crippen LogP contribution in [0.25, 0.3) is 0 Å². The van der Waals surface area contributed by atoms with Crippen molar-refractivity contribution >= 4 is 0 Å². The van der Waals surface area contributed by atoms with Crippen molar-refractivity contribution in [3.05, 3.63) is 24.2 Å². The second kappa shape index (κ2) is 7.48. The highest BCUT2D eigenvalue weighted by Crippen LogP contribution is 2.03. The molecule has 4 nitrogen and oxygen atoms in total. The van der Waals surface area contributed by atoms with Crippen LogP contribution in [0.2, 0.25) is 0 Å². The number of likely N-dealkylation sites (N-methyl/N-ethyl adjacent to an activating group) is 1. The van der Waals surface area contributed by atoms with Gasteiger partial charge in [-0.2, -0.15) is 0 Å². The third-order valence-electron chi connectivity index (χ3n) is 3.12. The molecule has 1 rings (SSSR count). The largest absolute Gasteiger partial charge is 0.468 e. The van der Waals surface area contributed by atoms with Crippen LogP contribution in [0.5, 0.6) is 0 Å². The molecule has 98 valence electrons. The predicted molar refractivity (Wildman–Crippen MR) is 69.0 cm³/mol. The normalized spacial score (nSPS) is 15.1. The molecule has 0 bridgehead atoms. The maximum atomic E-state index is 5.27. The van der Waals surface area contributed by atoms with E-state index < -0.39 is 0 Å². The van der Waals surface area contributed by atoms with E-state index in [9.17, 15) is 0 Å². The molecule has 0 aromatic carbocycles. The van der Waals surface area contributed by atoms with Crippen molar-refractivity contribution in [1.29, 1.82) is 0 Å². The van der Waals surface area contributed by atoms with Gasteiger partial charge >= 0.3 is 0 Å². The van der Waals surface area contributed by atoms with Crippen LogP contribution in [0.1, 0.15) is 19.6 Å². The Morgan fingerprint density at radius 1 is 1.41 bits per heavy atom. The molecule has 0 aliphatic rings. The highest BCUT2D eigenvalue weighted by Gasteiger charge is 2.15. The minimum atomic E-state index is 0.431. The molecule has 1 heterocycles. The molecule has 17 heavy (non-hydrogen) atoms. The van der Waals surface area contributed by atoms with Gasteiger partial charge in [-0.05, 0) is 33.0 Å². The Hall–Kier alpha value is -0.840. The van der Waals surface area contributed by atoms with Gasteiger partial charge in [0.15, 0.2) is 0 Å². The first-order valence-electron chi connectivity index (χ1n) is 6.09. The summed E-state index contributed by atoms with van der Waals surface area (Å²) in [6, 6.07) is 4.79. The van der Waals surface area contributed by atoms with Crippen LogP contribution in [-0.2, 0) is 11.3 Å². The van der Waals surface area contributed by atoms with Gasteiger partial charge in [0.05, 0.1) is 19.4 Å². The van der Waals surface area contributed by atoms with E-state index in [1.165, 1.54) is 0 Å². The van der Waals surface area contributed by atoms with Crippen LogP contribution in [0, 0.1) is 0 Å². The van der Waals surface area contributed by atoms with E-state index in [0.717, 1.165) is 25.5 Å². The van der Waals surface area contributed by atoms with Crippen molar-refractivity contribution in [1.82, 2.24) is 10.2 Å². The molecule has 2 atom stereocenters. The van der Waals surface area contributed by atoms with Crippen molar-refractivity contribution in [2.75, 3.05) is 27.3 Å². The van der Waals surface area contributed by atoms with E-state index in [2.05, 4.69) is 31.1 Å². The Morgan fingerprint density at radius 3 is 2.76 bits per heavy atom. The molecule has 0 radical (unpaired) electrons. The highest BCUT2D eigenvalue weighted by atomic mass is 16.5. The van der Waals surface area contributed by atoms with E-state index in [1.54, 1.807) is 13.4 Å². The first-order valence-corrected chi connectivity index (χ1v) is 6.09. The van der Waals surface area contributed by atoms with Crippen LogP contribution in [0.15, 0.2) is 22.8 Å². The molecule has 0 fully saturated rings. The van der Waals surface area contributed by atoms with Crippen LogP contribution >= 0.6 is 0 Å². The minimum absolute atomic E-state index is 0.431. The Balaban J connectivity index is 2.21. The van der Waals surface area contributed by atoms with E-state index in [4.69, 9.17) is 9.15 Å². The Labute approximate surface area is 104 Å². The fourth-order valence-corrected chi connectivity index (χ4v) is 1.75. The van der Waals surface area contributed by atoms with Gasteiger partial charge in [0.25, 0.3) is 0 Å². The summed E-state index contributed by atoms with van der Waals surface area (Å²) in [5, 5.41) is 3.39. The van der Waals surface area contributed by atoms with Crippen molar-refractivity contribution in [2.24, 2.45) is 0 Å². The second-order valence-corrected chi connectivity index (χ2v) is 4.53. The summed E-state index contributed by atoms with van der Waals surface area (Å²) >= 11 is 0. The van der Waals surface area contributed by atoms with Crippen LogP contribution < -0.4 is 5.32 Å². The lowest BCUT2D eigenvalue weighted by atomic mass is 10.2. The van der Waals surface area contributed by atoms with Gasteiger partial charge < -0.3 is 14.5 Å². The van der Waals surface area contributed by atoms with Gasteiger partial charge in [-0.25, -0.2) is 0 Å². The average molecular weight is 240 g/mol. The van der Waals surface area contributed by atoms with Crippen LogP contribution in [0.3, 0.4) is 0 Å². The molecule has 1 aromatic heterocycles. The molecule has 2 unspecified atom stereocenters. The number of methoxy groups -OCH3 is 1. The molecule has 1 N–H and O–H groups in total. The van der Waals surface area contributed by atoms with Gasteiger partial charge in [-0.1, -0.05) is 0 Å². The summed E-state index contributed by atoms with van der Waals surface area (Å²) in [5.41, 5.74) is 0. The number of hydrogen-bond acceptors (Lipinski definition) is 4. The number of nitrogens with one attached hydrogen (secondary N) is 1. The maximum absolute atomic E-state index is 5.27. The molecular formula is C13H24N2O2. The van der Waals surface area contributed by atoms with Gasteiger partial charge in [0.1, 0.15) is 5.76 Å². The molecule has 1 aromatic rings. The third kappa shape index (κ3) is 4.89. The lowest BCUT2D eigenvalue weighted by Gasteiger charge is -2.30. The number of hydrogen-bond donors (Lipinski definition) is 1. The fraction of sp³-hybridized carbons (Fsp3) is 0.692. The van der Waals surface area contributed by atoms with Crippen molar-refractivity contribution in [3.8, 4) is 0 Å². The van der Waals surface area contributed by atoms with Crippen molar-refractivity contribution in [3.63, 3.8) is 0 Å². The molecule has 0 saturated heterocycles. The van der Waals surface area contributed by atoms with Gasteiger partial charge in [0.2, 0.25) is 0 Å². The zero-order chi connectivity index (χ0) is 12.7. The SMILES string of the molecule is COCC(C)N(C)C(C)CNCc1ccco1. The average Bonchev–Trinajstić information content (AvgIpc) is 2.81. The first-order chi connectivity index (χ1) is 8.15. The number of nitrogens with zero attached hydrogens (tertiary/aromatic N) is 1. The lowest BCUT2D eigenvalue weighted by molar-refractivity contribution is 0.0933. The van der Waals surface area contributed by atoms with Crippen molar-refractivity contribution < 1.29 is 9.15 Å². The summed E-state index contributed by atoms with van der Waals surface area (Å²) < 4.78 is 10.4. The summed E-state index contributed by atoms with van der Waals surface area (Å²) in [5.74, 6) is 0.977. The fourth-order valence-electron chi connectivity index (χ4n) is 1.75. The Bertz CT molecular complexity index is 288. The zero-order valence-electron chi connectivity index (χ0n) is 11.3. The standard InChI is InChI=1S/C13H24N2O2/c1-11(15(3)12(2)10-16-4)8-14-9-13-6-5-7-17-13/h5-7,11-12,14H,8-10H2,1-4H3. The molecule has 0 saturated carbocycles. The molecule has 0 aliphatic heterocycles. The minimum Gasteiger partial charge on any atom is -0.468 e. The predicted octanol–water partition coefficient (Wildman–Crippen LogP) is 1.72. The van der Waals surface area contributed by atoms with E-state index in [1.807, 2.05) is 12.1 Å². The molecule has 0 amide bonds. The quantitative estimate of drug-likeness (QED) is 0.751. The summed E-state index contributed by atoms with van der Waals surface area (Å²) in [6.07, 6.45) is 1.70. The zero-order valence-corrected chi connectivity index (χ0v) is 11.3. The van der Waals surface area contributed by atoms with Crippen molar-refractivity contribution in [2.45, 2.75) is 32.5 Å². The topological polar surface area (TPSA) is 37.6 Å². The second-order valence-electron chi connectivity index (χ2n) is 4.53. The molecule has 0 spiro atoms. The molecule has 4 heteroatoms. The van der Waals surface area contributed by atoms with Gasteiger partial charge in [-0.15, -0.1) is 0 Å². The Kier molecular flexibility index (Phi) is 6.26. The number of ether oxygens (including phenoxy) is 1. The highest BCUT2D eigenvalue weighted by molar-refractivity contribution is 4.97. The van der Waals surface area contributed by atoms with E-state index >= 15 is 0 Å². The van der Waals surface area contributed by atoms with Crippen LogP contribution in [-0.4, -0.2) is 44.3 Å². The first kappa shape index (κ1) is 14.2. The summed E-state index contributed by atoms with van der Waals surface area (Å²) in [6.45, 7) is 6.86. The lowest BCUT2D eigenvalue weighted by Crippen LogP contribution is -2.44. The monoisotopic (exact) mass is 240 g/mol. The smallest absolute Gasteiger partial charge is 0.117 e. The number of furan rings is 1. The maximum Gasteiger partial charge on any atom is 0.117 e. The summed E-state index contributed by atoms with van der Waals surface area (Å²) in [7, 11) is 3.87. The molecular weight excluding hydrogens is 216 g/mol. The van der Waals surface area contributed by atoms with Crippen LogP contribution in [0.4, 0.5) is 0 Å². The molecule has 0 aliphatic carbocycles. The third-order valence-corrected chi connectivity index (χ3v) is 3.12. The van der Waals surface area contributed by atoms with Gasteiger partial charge in [0, 0.05) is 25.7 Å². The Morgan fingerprint density at radius 2 is 2.18 bits per heavy atom. The van der Waals surface area contributed by atoms with E-state index in [0.29, 0.717) is 12.1 Å². The van der Waals surface area contributed by atoms with Gasteiger partial charge in [-0.3, -0.25) is 4.90 Å². The van der Waals surface area contributed by atoms with E-state index in [-0.39, 0.29) is 0 Å².